The van der Waals surface area contributed by atoms with Crippen molar-refractivity contribution in [1.29, 1.82) is 0 Å². The molecule has 1 heterocycles. The SMILES string of the molecule is COc1ccc2c(c1)[C@@H]1C=CC[C@H]1[C@@H](c1ccccc1F)N2. The number of rotatable bonds is 2. The number of fused-ring (bicyclic) bond motifs is 3. The molecule has 22 heavy (non-hydrogen) atoms. The highest BCUT2D eigenvalue weighted by molar-refractivity contribution is 5.61. The number of allylic oxidation sites excluding steroid dienone is 2. The first-order valence-corrected chi connectivity index (χ1v) is 7.63. The summed E-state index contributed by atoms with van der Waals surface area (Å²) < 4.78 is 19.6. The average molecular weight is 295 g/mol. The maximum absolute atomic E-state index is 14.2. The van der Waals surface area contributed by atoms with E-state index in [4.69, 9.17) is 4.74 Å². The first-order chi connectivity index (χ1) is 10.8. The van der Waals surface area contributed by atoms with Gasteiger partial charge in [0.05, 0.1) is 13.2 Å². The van der Waals surface area contributed by atoms with Gasteiger partial charge in [-0.15, -0.1) is 0 Å². The van der Waals surface area contributed by atoms with Crippen molar-refractivity contribution in [2.45, 2.75) is 18.4 Å². The van der Waals surface area contributed by atoms with Gasteiger partial charge in [0.25, 0.3) is 0 Å². The maximum atomic E-state index is 14.2. The molecule has 0 amide bonds. The number of halogens is 1. The van der Waals surface area contributed by atoms with Gasteiger partial charge in [-0.2, -0.15) is 0 Å². The Bertz CT molecular complexity index is 740. The molecule has 2 aromatic carbocycles. The molecule has 0 saturated carbocycles. The van der Waals surface area contributed by atoms with E-state index in [0.29, 0.717) is 11.8 Å². The summed E-state index contributed by atoms with van der Waals surface area (Å²) in [5.74, 6) is 1.39. The van der Waals surface area contributed by atoms with Gasteiger partial charge < -0.3 is 10.1 Å². The fourth-order valence-electron chi connectivity index (χ4n) is 3.73. The third kappa shape index (κ3) is 2.00. The van der Waals surface area contributed by atoms with Crippen LogP contribution in [0.4, 0.5) is 10.1 Å². The van der Waals surface area contributed by atoms with E-state index in [-0.39, 0.29) is 11.9 Å². The number of nitrogens with one attached hydrogen (secondary N) is 1. The quantitative estimate of drug-likeness (QED) is 0.814. The molecule has 1 N–H and O–H groups in total. The molecule has 0 radical (unpaired) electrons. The van der Waals surface area contributed by atoms with Crippen LogP contribution in [-0.4, -0.2) is 7.11 Å². The summed E-state index contributed by atoms with van der Waals surface area (Å²) in [6, 6.07) is 13.1. The number of hydrogen-bond acceptors (Lipinski definition) is 2. The third-order valence-corrected chi connectivity index (χ3v) is 4.81. The smallest absolute Gasteiger partial charge is 0.128 e. The highest BCUT2D eigenvalue weighted by atomic mass is 19.1. The molecule has 0 unspecified atom stereocenters. The second-order valence-electron chi connectivity index (χ2n) is 5.95. The summed E-state index contributed by atoms with van der Waals surface area (Å²) in [4.78, 5) is 0. The highest BCUT2D eigenvalue weighted by Gasteiger charge is 2.38. The molecule has 1 aliphatic carbocycles. The zero-order chi connectivity index (χ0) is 15.1. The van der Waals surface area contributed by atoms with E-state index in [2.05, 4.69) is 23.5 Å². The molecular formula is C19H18FNO. The lowest BCUT2D eigenvalue weighted by Crippen LogP contribution is -2.29. The van der Waals surface area contributed by atoms with Crippen LogP contribution >= 0.6 is 0 Å². The topological polar surface area (TPSA) is 21.3 Å². The van der Waals surface area contributed by atoms with Gasteiger partial charge in [-0.25, -0.2) is 4.39 Å². The fraction of sp³-hybridized carbons (Fsp3) is 0.263. The van der Waals surface area contributed by atoms with Crippen LogP contribution in [0.25, 0.3) is 0 Å². The number of ether oxygens (including phenoxy) is 1. The lowest BCUT2D eigenvalue weighted by atomic mass is 9.77. The number of benzene rings is 2. The van der Waals surface area contributed by atoms with E-state index < -0.39 is 0 Å². The van der Waals surface area contributed by atoms with Crippen molar-refractivity contribution in [2.24, 2.45) is 5.92 Å². The second-order valence-corrected chi connectivity index (χ2v) is 5.95. The van der Waals surface area contributed by atoms with E-state index >= 15 is 0 Å². The van der Waals surface area contributed by atoms with Crippen LogP contribution in [0.5, 0.6) is 5.75 Å². The van der Waals surface area contributed by atoms with Crippen molar-refractivity contribution in [3.63, 3.8) is 0 Å². The molecule has 3 heteroatoms. The van der Waals surface area contributed by atoms with Gasteiger partial charge in [0.15, 0.2) is 0 Å². The minimum absolute atomic E-state index is 0.00194. The number of anilines is 1. The average Bonchev–Trinajstić information content (AvgIpc) is 3.04. The van der Waals surface area contributed by atoms with E-state index in [1.165, 1.54) is 11.6 Å². The van der Waals surface area contributed by atoms with E-state index in [0.717, 1.165) is 23.4 Å². The predicted molar refractivity (Wildman–Crippen MR) is 85.7 cm³/mol. The second kappa shape index (κ2) is 5.16. The molecular weight excluding hydrogens is 277 g/mol. The van der Waals surface area contributed by atoms with Gasteiger partial charge in [0, 0.05) is 17.2 Å². The van der Waals surface area contributed by atoms with Crippen LogP contribution in [0.1, 0.15) is 29.5 Å². The molecule has 0 aromatic heterocycles. The normalized spacial score (nSPS) is 25.3. The van der Waals surface area contributed by atoms with Crippen molar-refractivity contribution in [3.8, 4) is 5.75 Å². The van der Waals surface area contributed by atoms with Crippen molar-refractivity contribution in [1.82, 2.24) is 0 Å². The molecule has 0 saturated heterocycles. The zero-order valence-electron chi connectivity index (χ0n) is 12.4. The Labute approximate surface area is 129 Å². The van der Waals surface area contributed by atoms with Crippen LogP contribution < -0.4 is 10.1 Å². The van der Waals surface area contributed by atoms with Crippen LogP contribution in [0, 0.1) is 11.7 Å². The molecule has 0 fully saturated rings. The highest BCUT2D eigenvalue weighted by Crippen LogP contribution is 2.50. The molecule has 0 bridgehead atoms. The number of hydrogen-bond donors (Lipinski definition) is 1. The van der Waals surface area contributed by atoms with Crippen LogP contribution in [0.2, 0.25) is 0 Å². The van der Waals surface area contributed by atoms with E-state index in [9.17, 15) is 4.39 Å². The minimum Gasteiger partial charge on any atom is -0.497 e. The first-order valence-electron chi connectivity index (χ1n) is 7.63. The van der Waals surface area contributed by atoms with Crippen molar-refractivity contribution >= 4 is 5.69 Å². The fourth-order valence-corrected chi connectivity index (χ4v) is 3.73. The summed E-state index contributed by atoms with van der Waals surface area (Å²) in [6.07, 6.45) is 5.42. The maximum Gasteiger partial charge on any atom is 0.128 e. The Morgan fingerprint density at radius 2 is 2.00 bits per heavy atom. The molecule has 2 nitrogen and oxygen atoms in total. The summed E-state index contributed by atoms with van der Waals surface area (Å²) in [7, 11) is 1.68. The van der Waals surface area contributed by atoms with Crippen molar-refractivity contribution in [3.05, 3.63) is 71.6 Å². The van der Waals surface area contributed by atoms with Crippen LogP contribution in [0.15, 0.2) is 54.6 Å². The summed E-state index contributed by atoms with van der Waals surface area (Å²) >= 11 is 0. The van der Waals surface area contributed by atoms with Gasteiger partial charge in [0.1, 0.15) is 11.6 Å². The standard InChI is InChI=1S/C19H18FNO/c1-22-12-9-10-18-16(11-12)13-6-4-7-14(13)19(21-18)15-5-2-3-8-17(15)20/h2-6,8-11,13-14,19,21H,7H2,1H3/t13-,14-,19+/m1/s1. The van der Waals surface area contributed by atoms with Crippen molar-refractivity contribution in [2.75, 3.05) is 12.4 Å². The van der Waals surface area contributed by atoms with Crippen molar-refractivity contribution < 1.29 is 9.13 Å². The molecule has 0 spiro atoms. The summed E-state index contributed by atoms with van der Waals surface area (Å²) in [5.41, 5.74) is 3.07. The minimum atomic E-state index is -0.136. The lowest BCUT2D eigenvalue weighted by Gasteiger charge is -2.37. The molecule has 2 aliphatic rings. The Morgan fingerprint density at radius 3 is 2.82 bits per heavy atom. The number of methoxy groups -OCH3 is 1. The molecule has 2 aromatic rings. The van der Waals surface area contributed by atoms with Crippen LogP contribution in [-0.2, 0) is 0 Å². The molecule has 112 valence electrons. The van der Waals surface area contributed by atoms with E-state index in [1.807, 2.05) is 24.3 Å². The summed E-state index contributed by atoms with van der Waals surface area (Å²) in [5, 5.41) is 3.54. The molecule has 4 rings (SSSR count). The summed E-state index contributed by atoms with van der Waals surface area (Å²) in [6.45, 7) is 0. The largest absolute Gasteiger partial charge is 0.497 e. The Balaban J connectivity index is 1.80. The van der Waals surface area contributed by atoms with Gasteiger partial charge >= 0.3 is 0 Å². The molecule has 3 atom stereocenters. The third-order valence-electron chi connectivity index (χ3n) is 4.81. The monoisotopic (exact) mass is 295 g/mol. The van der Waals surface area contributed by atoms with Gasteiger partial charge in [0.2, 0.25) is 0 Å². The zero-order valence-corrected chi connectivity index (χ0v) is 12.4. The molecule has 1 aliphatic heterocycles. The first kappa shape index (κ1) is 13.4. The van der Waals surface area contributed by atoms with Gasteiger partial charge in [-0.05, 0) is 42.2 Å². The Kier molecular flexibility index (Phi) is 3.14. The predicted octanol–water partition coefficient (Wildman–Crippen LogP) is 4.66. The van der Waals surface area contributed by atoms with Gasteiger partial charge in [-0.1, -0.05) is 30.4 Å². The van der Waals surface area contributed by atoms with Gasteiger partial charge in [-0.3, -0.25) is 0 Å². The van der Waals surface area contributed by atoms with E-state index in [1.54, 1.807) is 13.2 Å². The lowest BCUT2D eigenvalue weighted by molar-refractivity contribution is 0.401. The Hall–Kier alpha value is -2.29. The Morgan fingerprint density at radius 1 is 1.14 bits per heavy atom. The van der Waals surface area contributed by atoms with Crippen LogP contribution in [0.3, 0.4) is 0 Å².